The summed E-state index contributed by atoms with van der Waals surface area (Å²) in [4.78, 5) is 0. The number of benzene rings is 1. The van der Waals surface area contributed by atoms with Gasteiger partial charge in [-0.15, -0.1) is 0 Å². The quantitative estimate of drug-likeness (QED) is 0.766. The van der Waals surface area contributed by atoms with Gasteiger partial charge in [-0.3, -0.25) is 4.72 Å². The number of sulfonamides is 1. The number of hydrogen-bond acceptors (Lipinski definition) is 6. The molecule has 3 N–H and O–H groups in total. The number of methoxy groups -OCH3 is 1. The standard InChI is InChI=1S/C11H16N2O5S2/c1-18-11-3-2-8(12)6-10(11)13-20(16,17)9-4-5-19(14,15)7-9/h2-3,6,9,13H,4-5,7,12H2,1H3. The minimum Gasteiger partial charge on any atom is -0.495 e. The van der Waals surface area contributed by atoms with Gasteiger partial charge in [-0.05, 0) is 24.6 Å². The maximum absolute atomic E-state index is 12.2. The van der Waals surface area contributed by atoms with Gasteiger partial charge in [-0.1, -0.05) is 0 Å². The second kappa shape index (κ2) is 5.13. The molecule has 0 amide bonds. The van der Waals surface area contributed by atoms with Crippen molar-refractivity contribution in [1.29, 1.82) is 0 Å². The van der Waals surface area contributed by atoms with E-state index in [4.69, 9.17) is 10.5 Å². The molecule has 1 heterocycles. The summed E-state index contributed by atoms with van der Waals surface area (Å²) in [5.41, 5.74) is 6.19. The molecule has 1 aliphatic rings. The number of ether oxygens (including phenoxy) is 1. The summed E-state index contributed by atoms with van der Waals surface area (Å²) in [6.45, 7) is 0. The minimum absolute atomic E-state index is 0.0995. The summed E-state index contributed by atoms with van der Waals surface area (Å²) >= 11 is 0. The van der Waals surface area contributed by atoms with Crippen LogP contribution in [0.3, 0.4) is 0 Å². The van der Waals surface area contributed by atoms with E-state index in [2.05, 4.69) is 4.72 Å². The first kappa shape index (κ1) is 14.9. The number of hydrogen-bond donors (Lipinski definition) is 2. The number of rotatable bonds is 4. The van der Waals surface area contributed by atoms with E-state index in [0.29, 0.717) is 11.4 Å². The average molecular weight is 320 g/mol. The van der Waals surface area contributed by atoms with E-state index in [9.17, 15) is 16.8 Å². The topological polar surface area (TPSA) is 116 Å². The highest BCUT2D eigenvalue weighted by Crippen LogP contribution is 2.29. The van der Waals surface area contributed by atoms with Gasteiger partial charge in [0.2, 0.25) is 10.0 Å². The monoisotopic (exact) mass is 320 g/mol. The predicted molar refractivity (Wildman–Crippen MR) is 77.0 cm³/mol. The Morgan fingerprint density at radius 3 is 2.65 bits per heavy atom. The lowest BCUT2D eigenvalue weighted by atomic mass is 10.2. The summed E-state index contributed by atoms with van der Waals surface area (Å²) in [5, 5.41) is -0.946. The molecule has 0 aromatic heterocycles. The molecule has 1 saturated heterocycles. The van der Waals surface area contributed by atoms with Crippen molar-refractivity contribution < 1.29 is 21.6 Å². The zero-order valence-electron chi connectivity index (χ0n) is 10.9. The smallest absolute Gasteiger partial charge is 0.236 e. The van der Waals surface area contributed by atoms with Crippen molar-refractivity contribution in [1.82, 2.24) is 0 Å². The van der Waals surface area contributed by atoms with E-state index >= 15 is 0 Å². The van der Waals surface area contributed by atoms with Gasteiger partial charge in [0.15, 0.2) is 9.84 Å². The first-order valence-corrected chi connectivity index (χ1v) is 9.26. The van der Waals surface area contributed by atoms with Gasteiger partial charge in [0, 0.05) is 5.69 Å². The van der Waals surface area contributed by atoms with Crippen LogP contribution in [0.5, 0.6) is 5.75 Å². The number of nitrogens with one attached hydrogen (secondary N) is 1. The van der Waals surface area contributed by atoms with Gasteiger partial charge in [-0.25, -0.2) is 16.8 Å². The number of anilines is 2. The van der Waals surface area contributed by atoms with Crippen molar-refractivity contribution in [2.75, 3.05) is 29.1 Å². The summed E-state index contributed by atoms with van der Waals surface area (Å²) < 4.78 is 54.6. The first-order chi connectivity index (χ1) is 9.23. The van der Waals surface area contributed by atoms with Gasteiger partial charge >= 0.3 is 0 Å². The summed E-state index contributed by atoms with van der Waals surface area (Å²) in [6, 6.07) is 4.55. The number of nitrogen functional groups attached to an aromatic ring is 1. The van der Waals surface area contributed by atoms with Crippen LogP contribution in [0.2, 0.25) is 0 Å². The molecule has 2 rings (SSSR count). The third-order valence-electron chi connectivity index (χ3n) is 3.11. The van der Waals surface area contributed by atoms with E-state index < -0.39 is 25.1 Å². The average Bonchev–Trinajstić information content (AvgIpc) is 2.70. The Labute approximate surface area is 118 Å². The molecule has 1 fully saturated rings. The molecule has 1 aromatic rings. The fourth-order valence-corrected chi connectivity index (χ4v) is 6.14. The molecular weight excluding hydrogens is 304 g/mol. The molecule has 0 spiro atoms. The fraction of sp³-hybridized carbons (Fsp3) is 0.455. The lowest BCUT2D eigenvalue weighted by molar-refractivity contribution is 0.417. The molecule has 0 bridgehead atoms. The third-order valence-corrected chi connectivity index (χ3v) is 6.87. The Bertz CT molecular complexity index is 712. The zero-order valence-corrected chi connectivity index (χ0v) is 12.5. The number of nitrogens with two attached hydrogens (primary N) is 1. The molecule has 1 unspecified atom stereocenters. The molecule has 1 atom stereocenters. The largest absolute Gasteiger partial charge is 0.495 e. The van der Waals surface area contributed by atoms with Crippen LogP contribution in [0.1, 0.15) is 6.42 Å². The number of sulfone groups is 1. The van der Waals surface area contributed by atoms with Crippen LogP contribution in [-0.4, -0.2) is 40.7 Å². The van der Waals surface area contributed by atoms with E-state index in [-0.39, 0.29) is 23.6 Å². The Kier molecular flexibility index (Phi) is 3.83. The van der Waals surface area contributed by atoms with Crippen molar-refractivity contribution in [3.63, 3.8) is 0 Å². The van der Waals surface area contributed by atoms with Crippen LogP contribution in [-0.2, 0) is 19.9 Å². The highest BCUT2D eigenvalue weighted by atomic mass is 32.2. The van der Waals surface area contributed by atoms with Gasteiger partial charge in [0.25, 0.3) is 0 Å². The van der Waals surface area contributed by atoms with Crippen molar-refractivity contribution >= 4 is 31.2 Å². The molecule has 0 saturated carbocycles. The van der Waals surface area contributed by atoms with E-state index in [0.717, 1.165) is 0 Å². The molecule has 1 aromatic carbocycles. The predicted octanol–water partition coefficient (Wildman–Crippen LogP) is 0.206. The van der Waals surface area contributed by atoms with Crippen LogP contribution in [0.25, 0.3) is 0 Å². The van der Waals surface area contributed by atoms with Crippen LogP contribution < -0.4 is 15.2 Å². The van der Waals surface area contributed by atoms with Crippen LogP contribution >= 0.6 is 0 Å². The molecule has 112 valence electrons. The highest BCUT2D eigenvalue weighted by Gasteiger charge is 2.37. The Morgan fingerprint density at radius 1 is 1.40 bits per heavy atom. The second-order valence-corrected chi connectivity index (χ2v) is 8.82. The summed E-state index contributed by atoms with van der Waals surface area (Å²) in [5.74, 6) is -0.136. The van der Waals surface area contributed by atoms with Gasteiger partial charge < -0.3 is 10.5 Å². The Balaban J connectivity index is 2.27. The van der Waals surface area contributed by atoms with Crippen LogP contribution in [0.4, 0.5) is 11.4 Å². The van der Waals surface area contributed by atoms with Crippen molar-refractivity contribution in [3.8, 4) is 5.75 Å². The fourth-order valence-electron chi connectivity index (χ4n) is 2.05. The van der Waals surface area contributed by atoms with Gasteiger partial charge in [0.05, 0.1) is 29.6 Å². The van der Waals surface area contributed by atoms with E-state index in [1.807, 2.05) is 0 Å². The van der Waals surface area contributed by atoms with Crippen LogP contribution in [0.15, 0.2) is 18.2 Å². The van der Waals surface area contributed by atoms with Crippen LogP contribution in [0, 0.1) is 0 Å². The van der Waals surface area contributed by atoms with Gasteiger partial charge in [-0.2, -0.15) is 0 Å². The second-order valence-electron chi connectivity index (χ2n) is 4.63. The maximum atomic E-state index is 12.2. The minimum atomic E-state index is -3.80. The molecule has 7 nitrogen and oxygen atoms in total. The maximum Gasteiger partial charge on any atom is 0.236 e. The summed E-state index contributed by atoms with van der Waals surface area (Å²) in [6.07, 6.45) is 0.0995. The summed E-state index contributed by atoms with van der Waals surface area (Å²) in [7, 11) is -5.66. The van der Waals surface area contributed by atoms with Gasteiger partial charge in [0.1, 0.15) is 5.75 Å². The van der Waals surface area contributed by atoms with Crippen molar-refractivity contribution in [2.24, 2.45) is 0 Å². The van der Waals surface area contributed by atoms with E-state index in [1.165, 1.54) is 13.2 Å². The van der Waals surface area contributed by atoms with Crippen molar-refractivity contribution in [2.45, 2.75) is 11.7 Å². The normalized spacial score (nSPS) is 21.6. The molecule has 0 radical (unpaired) electrons. The molecule has 9 heteroatoms. The Morgan fingerprint density at radius 2 is 2.10 bits per heavy atom. The van der Waals surface area contributed by atoms with E-state index in [1.54, 1.807) is 12.1 Å². The lowest BCUT2D eigenvalue weighted by Crippen LogP contribution is -2.29. The molecular formula is C11H16N2O5S2. The molecule has 20 heavy (non-hydrogen) atoms. The molecule has 1 aliphatic heterocycles. The Hall–Kier alpha value is -1.48. The molecule has 0 aliphatic carbocycles. The van der Waals surface area contributed by atoms with Crippen molar-refractivity contribution in [3.05, 3.63) is 18.2 Å². The highest BCUT2D eigenvalue weighted by molar-refractivity contribution is 7.97. The first-order valence-electron chi connectivity index (χ1n) is 5.89. The lowest BCUT2D eigenvalue weighted by Gasteiger charge is -2.15. The zero-order chi connectivity index (χ0) is 15.0. The third kappa shape index (κ3) is 3.15. The SMILES string of the molecule is COc1ccc(N)cc1NS(=O)(=O)C1CCS(=O)(=O)C1.